The molecule has 20 heavy (non-hydrogen) atoms. The van der Waals surface area contributed by atoms with E-state index in [2.05, 4.69) is 13.8 Å². The van der Waals surface area contributed by atoms with Crippen molar-refractivity contribution in [2.24, 2.45) is 5.92 Å². The van der Waals surface area contributed by atoms with Gasteiger partial charge in [-0.25, -0.2) is 0 Å². The first-order valence-electron chi connectivity index (χ1n) is 7.26. The number of hydrogen-bond acceptors (Lipinski definition) is 2. The van der Waals surface area contributed by atoms with Crippen LogP contribution in [0.15, 0.2) is 24.3 Å². The lowest BCUT2D eigenvalue weighted by Gasteiger charge is -2.38. The topological polar surface area (TPSA) is 29.5 Å². The molecule has 0 aliphatic carbocycles. The maximum absolute atomic E-state index is 12.3. The number of amides is 1. The van der Waals surface area contributed by atoms with Crippen molar-refractivity contribution >= 4 is 17.5 Å². The van der Waals surface area contributed by atoms with Crippen molar-refractivity contribution in [2.75, 3.05) is 13.2 Å². The van der Waals surface area contributed by atoms with Gasteiger partial charge in [0.15, 0.2) is 6.61 Å². The molecule has 1 heterocycles. The predicted octanol–water partition coefficient (Wildman–Crippen LogP) is 3.76. The predicted molar refractivity (Wildman–Crippen MR) is 81.1 cm³/mol. The Kier molecular flexibility index (Phi) is 5.30. The number of rotatable bonds is 4. The van der Waals surface area contributed by atoms with Crippen LogP contribution in [-0.4, -0.2) is 30.0 Å². The van der Waals surface area contributed by atoms with Crippen LogP contribution in [0.5, 0.6) is 5.75 Å². The van der Waals surface area contributed by atoms with E-state index in [9.17, 15) is 4.79 Å². The minimum atomic E-state index is 0.0726. The van der Waals surface area contributed by atoms with Crippen LogP contribution < -0.4 is 4.74 Å². The third-order valence-electron chi connectivity index (χ3n) is 3.80. The molecule has 0 bridgehead atoms. The molecule has 1 amide bonds. The van der Waals surface area contributed by atoms with Gasteiger partial charge in [0, 0.05) is 17.6 Å². The molecular formula is C16H22ClNO2. The Bertz CT molecular complexity index is 462. The average Bonchev–Trinajstić information content (AvgIpc) is 2.45. The van der Waals surface area contributed by atoms with Gasteiger partial charge in [-0.15, -0.1) is 0 Å². The maximum atomic E-state index is 12.3. The van der Waals surface area contributed by atoms with E-state index in [0.717, 1.165) is 19.4 Å². The molecule has 1 aromatic carbocycles. The summed E-state index contributed by atoms with van der Waals surface area (Å²) < 4.78 is 5.55. The molecule has 0 N–H and O–H groups in total. The van der Waals surface area contributed by atoms with E-state index in [1.807, 2.05) is 17.0 Å². The summed E-state index contributed by atoms with van der Waals surface area (Å²) in [6, 6.07) is 7.50. The Hall–Kier alpha value is -1.22. The lowest BCUT2D eigenvalue weighted by atomic mass is 9.93. The zero-order chi connectivity index (χ0) is 14.5. The minimum Gasteiger partial charge on any atom is -0.484 e. The summed E-state index contributed by atoms with van der Waals surface area (Å²) in [5.41, 5.74) is 0. The minimum absolute atomic E-state index is 0.0726. The Balaban J connectivity index is 1.93. The number of hydrogen-bond donors (Lipinski definition) is 0. The second-order valence-corrected chi connectivity index (χ2v) is 6.08. The lowest BCUT2D eigenvalue weighted by Crippen LogP contribution is -2.48. The fourth-order valence-electron chi connectivity index (χ4n) is 2.74. The van der Waals surface area contributed by atoms with Crippen LogP contribution in [0.2, 0.25) is 5.02 Å². The summed E-state index contributed by atoms with van der Waals surface area (Å²) in [4.78, 5) is 14.3. The molecule has 0 saturated carbocycles. The van der Waals surface area contributed by atoms with Gasteiger partial charge in [0.25, 0.3) is 5.91 Å². The van der Waals surface area contributed by atoms with Crippen LogP contribution in [0.3, 0.4) is 0 Å². The summed E-state index contributed by atoms with van der Waals surface area (Å²) in [6.45, 7) is 5.28. The molecular weight excluding hydrogens is 274 g/mol. The highest BCUT2D eigenvalue weighted by Gasteiger charge is 2.28. The molecule has 0 aromatic heterocycles. The molecule has 1 saturated heterocycles. The maximum Gasteiger partial charge on any atom is 0.260 e. The van der Waals surface area contributed by atoms with Gasteiger partial charge in [0.05, 0.1) is 0 Å². The van der Waals surface area contributed by atoms with E-state index in [1.54, 1.807) is 12.1 Å². The van der Waals surface area contributed by atoms with E-state index < -0.39 is 0 Å². The summed E-state index contributed by atoms with van der Waals surface area (Å²) in [5.74, 6) is 1.21. The van der Waals surface area contributed by atoms with Gasteiger partial charge in [-0.1, -0.05) is 31.5 Å². The van der Waals surface area contributed by atoms with E-state index in [0.29, 0.717) is 22.7 Å². The Morgan fingerprint density at radius 3 is 2.95 bits per heavy atom. The number of carbonyl (C=O) groups excluding carboxylic acids is 1. The Morgan fingerprint density at radius 1 is 1.45 bits per heavy atom. The molecule has 3 nitrogen and oxygen atoms in total. The van der Waals surface area contributed by atoms with Crippen molar-refractivity contribution < 1.29 is 9.53 Å². The van der Waals surface area contributed by atoms with Crippen LogP contribution in [0.25, 0.3) is 0 Å². The molecule has 110 valence electrons. The van der Waals surface area contributed by atoms with E-state index in [1.165, 1.54) is 6.42 Å². The smallest absolute Gasteiger partial charge is 0.260 e. The zero-order valence-electron chi connectivity index (χ0n) is 12.1. The number of carbonyl (C=O) groups is 1. The molecule has 1 aromatic rings. The highest BCUT2D eigenvalue weighted by molar-refractivity contribution is 6.30. The number of piperidine rings is 1. The SMILES string of the molecule is CC(C)C1CCCCN1C(=O)COc1cccc(Cl)c1. The summed E-state index contributed by atoms with van der Waals surface area (Å²) in [6.07, 6.45) is 3.40. The molecule has 1 fully saturated rings. The van der Waals surface area contributed by atoms with Crippen LogP contribution in [0.4, 0.5) is 0 Å². The fourth-order valence-corrected chi connectivity index (χ4v) is 2.93. The summed E-state index contributed by atoms with van der Waals surface area (Å²) in [5, 5.41) is 0.618. The highest BCUT2D eigenvalue weighted by Crippen LogP contribution is 2.23. The number of likely N-dealkylation sites (tertiary alicyclic amines) is 1. The van der Waals surface area contributed by atoms with Gasteiger partial charge in [0.1, 0.15) is 5.75 Å². The van der Waals surface area contributed by atoms with Crippen LogP contribution in [-0.2, 0) is 4.79 Å². The van der Waals surface area contributed by atoms with Crippen molar-refractivity contribution in [1.82, 2.24) is 4.90 Å². The zero-order valence-corrected chi connectivity index (χ0v) is 12.9. The van der Waals surface area contributed by atoms with Gasteiger partial charge in [0.2, 0.25) is 0 Å². The third-order valence-corrected chi connectivity index (χ3v) is 4.03. The average molecular weight is 296 g/mol. The van der Waals surface area contributed by atoms with Crippen LogP contribution in [0.1, 0.15) is 33.1 Å². The number of halogens is 1. The number of ether oxygens (including phenoxy) is 1. The van der Waals surface area contributed by atoms with Crippen molar-refractivity contribution in [3.05, 3.63) is 29.3 Å². The van der Waals surface area contributed by atoms with E-state index in [4.69, 9.17) is 16.3 Å². The van der Waals surface area contributed by atoms with Gasteiger partial charge in [-0.3, -0.25) is 4.79 Å². The van der Waals surface area contributed by atoms with Crippen molar-refractivity contribution in [2.45, 2.75) is 39.2 Å². The lowest BCUT2D eigenvalue weighted by molar-refractivity contribution is -0.138. The summed E-state index contributed by atoms with van der Waals surface area (Å²) >= 11 is 5.90. The summed E-state index contributed by atoms with van der Waals surface area (Å²) in [7, 11) is 0. The van der Waals surface area contributed by atoms with E-state index in [-0.39, 0.29) is 12.5 Å². The Morgan fingerprint density at radius 2 is 2.25 bits per heavy atom. The molecule has 1 aliphatic heterocycles. The van der Waals surface area contributed by atoms with Crippen molar-refractivity contribution in [3.8, 4) is 5.75 Å². The molecule has 2 rings (SSSR count). The quantitative estimate of drug-likeness (QED) is 0.846. The number of nitrogens with zero attached hydrogens (tertiary/aromatic N) is 1. The monoisotopic (exact) mass is 295 g/mol. The van der Waals surface area contributed by atoms with Gasteiger partial charge in [-0.05, 0) is 43.4 Å². The van der Waals surface area contributed by atoms with Crippen LogP contribution >= 0.6 is 11.6 Å². The van der Waals surface area contributed by atoms with Crippen molar-refractivity contribution in [3.63, 3.8) is 0 Å². The fraction of sp³-hybridized carbons (Fsp3) is 0.562. The molecule has 1 unspecified atom stereocenters. The second kappa shape index (κ2) is 6.98. The van der Waals surface area contributed by atoms with Crippen molar-refractivity contribution in [1.29, 1.82) is 0 Å². The molecule has 0 spiro atoms. The number of benzene rings is 1. The van der Waals surface area contributed by atoms with Crippen LogP contribution in [0, 0.1) is 5.92 Å². The largest absolute Gasteiger partial charge is 0.484 e. The normalized spacial score (nSPS) is 19.2. The molecule has 4 heteroatoms. The first-order chi connectivity index (χ1) is 9.58. The molecule has 1 atom stereocenters. The van der Waals surface area contributed by atoms with Gasteiger partial charge < -0.3 is 9.64 Å². The molecule has 0 radical (unpaired) electrons. The third kappa shape index (κ3) is 3.89. The van der Waals surface area contributed by atoms with Gasteiger partial charge >= 0.3 is 0 Å². The standard InChI is InChI=1S/C16H22ClNO2/c1-12(2)15-8-3-4-9-18(15)16(19)11-20-14-7-5-6-13(17)10-14/h5-7,10,12,15H,3-4,8-9,11H2,1-2H3. The van der Waals surface area contributed by atoms with E-state index >= 15 is 0 Å². The van der Waals surface area contributed by atoms with Gasteiger partial charge in [-0.2, -0.15) is 0 Å². The highest BCUT2D eigenvalue weighted by atomic mass is 35.5. The molecule has 1 aliphatic rings. The second-order valence-electron chi connectivity index (χ2n) is 5.64. The first kappa shape index (κ1) is 15.2. The first-order valence-corrected chi connectivity index (χ1v) is 7.63. The Labute approximate surface area is 125 Å².